The van der Waals surface area contributed by atoms with Crippen LogP contribution < -0.4 is 16.0 Å². The van der Waals surface area contributed by atoms with Crippen LogP contribution in [0.2, 0.25) is 0 Å². The fourth-order valence-corrected chi connectivity index (χ4v) is 3.40. The van der Waals surface area contributed by atoms with E-state index in [0.717, 1.165) is 32.1 Å². The highest BCUT2D eigenvalue weighted by atomic mass is 127. The minimum absolute atomic E-state index is 0. The van der Waals surface area contributed by atoms with Crippen molar-refractivity contribution in [2.45, 2.75) is 72.3 Å². The molecule has 0 heterocycles. The van der Waals surface area contributed by atoms with Gasteiger partial charge in [0.05, 0.1) is 6.10 Å². The SMILES string of the molecule is CCNC(=NCCC(OCC)C(C)C)NCCNC(=O)CC1CCCC1.I. The lowest BCUT2D eigenvalue weighted by Crippen LogP contribution is -2.41. The number of nitrogens with zero attached hydrogens (tertiary/aromatic N) is 1. The van der Waals surface area contributed by atoms with Crippen LogP contribution in [0.3, 0.4) is 0 Å². The van der Waals surface area contributed by atoms with Gasteiger partial charge in [0, 0.05) is 39.2 Å². The first-order valence-corrected chi connectivity index (χ1v) is 10.5. The molecule has 0 aromatic carbocycles. The number of halogens is 1. The van der Waals surface area contributed by atoms with E-state index in [1.165, 1.54) is 25.7 Å². The molecule has 1 rings (SSSR count). The summed E-state index contributed by atoms with van der Waals surface area (Å²) in [5.74, 6) is 2.07. The van der Waals surface area contributed by atoms with Crippen molar-refractivity contribution in [3.63, 3.8) is 0 Å². The molecular weight excluding hydrogens is 455 g/mol. The Morgan fingerprint density at radius 2 is 1.78 bits per heavy atom. The van der Waals surface area contributed by atoms with E-state index in [-0.39, 0.29) is 36.0 Å². The zero-order valence-electron chi connectivity index (χ0n) is 17.7. The van der Waals surface area contributed by atoms with Crippen molar-refractivity contribution >= 4 is 35.8 Å². The van der Waals surface area contributed by atoms with E-state index in [4.69, 9.17) is 4.74 Å². The minimum Gasteiger partial charge on any atom is -0.378 e. The summed E-state index contributed by atoms with van der Waals surface area (Å²) in [4.78, 5) is 16.6. The van der Waals surface area contributed by atoms with Crippen molar-refractivity contribution in [1.82, 2.24) is 16.0 Å². The molecular formula is C20H41IN4O2. The first-order chi connectivity index (χ1) is 12.6. The van der Waals surface area contributed by atoms with Crippen molar-refractivity contribution < 1.29 is 9.53 Å². The van der Waals surface area contributed by atoms with E-state index < -0.39 is 0 Å². The number of hydrogen-bond acceptors (Lipinski definition) is 3. The summed E-state index contributed by atoms with van der Waals surface area (Å²) in [6, 6.07) is 0. The first kappa shape index (κ1) is 26.4. The van der Waals surface area contributed by atoms with Gasteiger partial charge in [0.1, 0.15) is 0 Å². The first-order valence-electron chi connectivity index (χ1n) is 10.5. The van der Waals surface area contributed by atoms with Crippen molar-refractivity contribution in [2.24, 2.45) is 16.8 Å². The third-order valence-electron chi connectivity index (χ3n) is 4.84. The summed E-state index contributed by atoms with van der Waals surface area (Å²) in [5.41, 5.74) is 0. The van der Waals surface area contributed by atoms with Gasteiger partial charge in [-0.3, -0.25) is 9.79 Å². The number of carbonyl (C=O) groups excluding carboxylic acids is 1. The molecule has 3 N–H and O–H groups in total. The maximum absolute atomic E-state index is 11.9. The molecule has 0 aromatic heterocycles. The summed E-state index contributed by atoms with van der Waals surface area (Å²) in [6.07, 6.45) is 6.83. The second-order valence-corrected chi connectivity index (χ2v) is 7.42. The molecule has 0 bridgehead atoms. The largest absolute Gasteiger partial charge is 0.378 e. The van der Waals surface area contributed by atoms with Crippen LogP contribution >= 0.6 is 24.0 Å². The third kappa shape index (κ3) is 12.5. The van der Waals surface area contributed by atoms with Gasteiger partial charge in [-0.2, -0.15) is 0 Å². The van der Waals surface area contributed by atoms with E-state index in [9.17, 15) is 4.79 Å². The number of rotatable bonds is 12. The Labute approximate surface area is 183 Å². The molecule has 1 fully saturated rings. The topological polar surface area (TPSA) is 74.8 Å². The molecule has 0 saturated heterocycles. The molecule has 27 heavy (non-hydrogen) atoms. The Bertz CT molecular complexity index is 413. The van der Waals surface area contributed by atoms with Crippen LogP contribution in [0.25, 0.3) is 0 Å². The fourth-order valence-electron chi connectivity index (χ4n) is 3.40. The summed E-state index contributed by atoms with van der Waals surface area (Å²) < 4.78 is 5.77. The Balaban J connectivity index is 0.00000676. The van der Waals surface area contributed by atoms with Crippen molar-refractivity contribution in [1.29, 1.82) is 0 Å². The number of carbonyl (C=O) groups is 1. The highest BCUT2D eigenvalue weighted by Crippen LogP contribution is 2.27. The average molecular weight is 496 g/mol. The molecule has 1 aliphatic rings. The molecule has 1 saturated carbocycles. The number of aliphatic imine (C=N–C) groups is 1. The maximum Gasteiger partial charge on any atom is 0.220 e. The van der Waals surface area contributed by atoms with Gasteiger partial charge in [0.15, 0.2) is 5.96 Å². The van der Waals surface area contributed by atoms with Gasteiger partial charge >= 0.3 is 0 Å². The summed E-state index contributed by atoms with van der Waals surface area (Å²) in [6.45, 7) is 12.0. The lowest BCUT2D eigenvalue weighted by molar-refractivity contribution is -0.121. The van der Waals surface area contributed by atoms with Gasteiger partial charge in [0.25, 0.3) is 0 Å². The van der Waals surface area contributed by atoms with Gasteiger partial charge in [0.2, 0.25) is 5.91 Å². The highest BCUT2D eigenvalue weighted by molar-refractivity contribution is 14.0. The molecule has 1 unspecified atom stereocenters. The maximum atomic E-state index is 11.9. The highest BCUT2D eigenvalue weighted by Gasteiger charge is 2.18. The zero-order chi connectivity index (χ0) is 19.2. The van der Waals surface area contributed by atoms with Crippen LogP contribution in [0.5, 0.6) is 0 Å². The zero-order valence-corrected chi connectivity index (χ0v) is 20.0. The summed E-state index contributed by atoms with van der Waals surface area (Å²) in [7, 11) is 0. The third-order valence-corrected chi connectivity index (χ3v) is 4.84. The predicted octanol–water partition coefficient (Wildman–Crippen LogP) is 3.31. The monoisotopic (exact) mass is 496 g/mol. The minimum atomic E-state index is 0. The van der Waals surface area contributed by atoms with Gasteiger partial charge in [-0.15, -0.1) is 24.0 Å². The molecule has 6 nitrogen and oxygen atoms in total. The van der Waals surface area contributed by atoms with Gasteiger partial charge in [-0.1, -0.05) is 26.7 Å². The van der Waals surface area contributed by atoms with Crippen LogP contribution in [-0.4, -0.2) is 50.8 Å². The number of nitrogens with one attached hydrogen (secondary N) is 3. The number of amides is 1. The predicted molar refractivity (Wildman–Crippen MR) is 124 cm³/mol. The molecule has 1 atom stereocenters. The molecule has 7 heteroatoms. The Kier molecular flexibility index (Phi) is 16.0. The van der Waals surface area contributed by atoms with E-state index in [0.29, 0.717) is 31.3 Å². The molecule has 0 radical (unpaired) electrons. The number of ether oxygens (including phenoxy) is 1. The van der Waals surface area contributed by atoms with Crippen LogP contribution in [0.4, 0.5) is 0 Å². The van der Waals surface area contributed by atoms with Crippen LogP contribution in [0, 0.1) is 11.8 Å². The van der Waals surface area contributed by atoms with Crippen molar-refractivity contribution in [2.75, 3.05) is 32.8 Å². The number of guanidine groups is 1. The van der Waals surface area contributed by atoms with Crippen LogP contribution in [-0.2, 0) is 9.53 Å². The quantitative estimate of drug-likeness (QED) is 0.168. The van der Waals surface area contributed by atoms with Gasteiger partial charge < -0.3 is 20.7 Å². The molecule has 0 spiro atoms. The van der Waals surface area contributed by atoms with Crippen molar-refractivity contribution in [3.8, 4) is 0 Å². The Morgan fingerprint density at radius 1 is 1.11 bits per heavy atom. The molecule has 0 aliphatic heterocycles. The normalized spacial score (nSPS) is 16.1. The Hall–Kier alpha value is -0.570. The van der Waals surface area contributed by atoms with Crippen LogP contribution in [0.1, 0.15) is 66.2 Å². The molecule has 0 aromatic rings. The van der Waals surface area contributed by atoms with Crippen molar-refractivity contribution in [3.05, 3.63) is 0 Å². The smallest absolute Gasteiger partial charge is 0.220 e. The van der Waals surface area contributed by atoms with E-state index >= 15 is 0 Å². The fraction of sp³-hybridized carbons (Fsp3) is 0.900. The summed E-state index contributed by atoms with van der Waals surface area (Å²) in [5, 5.41) is 9.55. The molecule has 160 valence electrons. The standard InChI is InChI=1S/C20H40N4O2.HI/c1-5-21-20(23-12-11-18(16(3)4)26-6-2)24-14-13-22-19(25)15-17-9-7-8-10-17;/h16-18H,5-15H2,1-4H3,(H,22,25)(H2,21,23,24);1H. The lowest BCUT2D eigenvalue weighted by atomic mass is 10.0. The second kappa shape index (κ2) is 16.4. The lowest BCUT2D eigenvalue weighted by Gasteiger charge is -2.20. The van der Waals surface area contributed by atoms with Crippen LogP contribution in [0.15, 0.2) is 4.99 Å². The number of hydrogen-bond donors (Lipinski definition) is 3. The van der Waals surface area contributed by atoms with E-state index in [1.807, 2.05) is 6.92 Å². The average Bonchev–Trinajstić information content (AvgIpc) is 3.10. The van der Waals surface area contributed by atoms with E-state index in [1.54, 1.807) is 0 Å². The van der Waals surface area contributed by atoms with Gasteiger partial charge in [-0.05, 0) is 44.9 Å². The summed E-state index contributed by atoms with van der Waals surface area (Å²) >= 11 is 0. The Morgan fingerprint density at radius 3 is 2.37 bits per heavy atom. The molecule has 1 amide bonds. The second-order valence-electron chi connectivity index (χ2n) is 7.42. The van der Waals surface area contributed by atoms with Gasteiger partial charge in [-0.25, -0.2) is 0 Å². The molecule has 1 aliphatic carbocycles. The van der Waals surface area contributed by atoms with E-state index in [2.05, 4.69) is 41.7 Å².